The number of amides is 1. The van der Waals surface area contributed by atoms with E-state index in [0.717, 1.165) is 33.8 Å². The van der Waals surface area contributed by atoms with Gasteiger partial charge < -0.3 is 10.6 Å². The number of aryl methyl sites for hydroxylation is 1. The van der Waals surface area contributed by atoms with Gasteiger partial charge in [0.25, 0.3) is 5.56 Å². The number of thiophene rings is 1. The molecule has 8 heteroatoms. The molecule has 1 atom stereocenters. The molecule has 5 rings (SSSR count). The number of fused-ring (bicyclic) bond motifs is 2. The third-order valence-electron chi connectivity index (χ3n) is 5.93. The van der Waals surface area contributed by atoms with Crippen LogP contribution in [0.25, 0.3) is 10.1 Å². The van der Waals surface area contributed by atoms with Gasteiger partial charge in [-0.25, -0.2) is 4.98 Å². The van der Waals surface area contributed by atoms with Crippen LogP contribution in [-0.2, 0) is 17.8 Å². The van der Waals surface area contributed by atoms with E-state index < -0.39 is 6.04 Å². The molecule has 4 heterocycles. The van der Waals surface area contributed by atoms with Crippen LogP contribution in [0.4, 0.5) is 5.69 Å². The van der Waals surface area contributed by atoms with Gasteiger partial charge in [-0.3, -0.25) is 19.1 Å². The second-order valence-corrected chi connectivity index (χ2v) is 9.34. The van der Waals surface area contributed by atoms with Crippen LogP contribution in [0.5, 0.6) is 0 Å². The number of rotatable bonds is 8. The Hall–Kier alpha value is -2.74. The summed E-state index contributed by atoms with van der Waals surface area (Å²) in [5.74, 6) is 1.45. The molecule has 7 nitrogen and oxygen atoms in total. The van der Waals surface area contributed by atoms with Gasteiger partial charge in [0, 0.05) is 40.3 Å². The quantitative estimate of drug-likeness (QED) is 0.543. The monoisotopic (exact) mass is 423 g/mol. The Morgan fingerprint density at radius 3 is 3.00 bits per heavy atom. The third-order valence-corrected chi connectivity index (χ3v) is 7.05. The summed E-state index contributed by atoms with van der Waals surface area (Å²) in [4.78, 5) is 35.5. The molecule has 0 spiro atoms. The maximum absolute atomic E-state index is 13.0. The van der Waals surface area contributed by atoms with Crippen molar-refractivity contribution in [3.8, 4) is 0 Å². The molecule has 0 bridgehead atoms. The first-order chi connectivity index (χ1) is 14.7. The van der Waals surface area contributed by atoms with Gasteiger partial charge in [0.2, 0.25) is 5.91 Å². The zero-order valence-electron chi connectivity index (χ0n) is 16.8. The molecule has 2 aliphatic rings. The summed E-state index contributed by atoms with van der Waals surface area (Å²) in [6, 6.07) is 3.53. The molecule has 3 aromatic heterocycles. The van der Waals surface area contributed by atoms with Crippen LogP contribution >= 0.6 is 11.3 Å². The van der Waals surface area contributed by atoms with Gasteiger partial charge in [0.05, 0.1) is 12.7 Å². The van der Waals surface area contributed by atoms with E-state index in [9.17, 15) is 9.59 Å². The van der Waals surface area contributed by atoms with Crippen molar-refractivity contribution in [3.63, 3.8) is 0 Å². The molecule has 1 amide bonds. The van der Waals surface area contributed by atoms with Crippen LogP contribution in [0.1, 0.15) is 48.8 Å². The van der Waals surface area contributed by atoms with Crippen molar-refractivity contribution in [2.24, 2.45) is 5.92 Å². The zero-order valence-corrected chi connectivity index (χ0v) is 17.6. The smallest absolute Gasteiger partial charge is 0.277 e. The van der Waals surface area contributed by atoms with E-state index in [0.29, 0.717) is 30.9 Å². The summed E-state index contributed by atoms with van der Waals surface area (Å²) in [7, 11) is 0. The first kappa shape index (κ1) is 19.2. The van der Waals surface area contributed by atoms with E-state index in [4.69, 9.17) is 0 Å². The Bertz CT molecular complexity index is 1100. The van der Waals surface area contributed by atoms with Gasteiger partial charge >= 0.3 is 0 Å². The summed E-state index contributed by atoms with van der Waals surface area (Å²) in [5.41, 5.74) is 0.350. The number of carbonyl (C=O) groups is 1. The molecule has 2 N–H and O–H groups in total. The van der Waals surface area contributed by atoms with Gasteiger partial charge in [-0.2, -0.15) is 0 Å². The molecule has 1 aliphatic carbocycles. The average molecular weight is 424 g/mol. The van der Waals surface area contributed by atoms with E-state index in [1.54, 1.807) is 28.3 Å². The van der Waals surface area contributed by atoms with Gasteiger partial charge in [0.15, 0.2) is 0 Å². The fourth-order valence-corrected chi connectivity index (χ4v) is 5.08. The summed E-state index contributed by atoms with van der Waals surface area (Å²) >= 11 is 1.64. The molecule has 1 saturated carbocycles. The Labute approximate surface area is 178 Å². The van der Waals surface area contributed by atoms with Crippen molar-refractivity contribution in [1.82, 2.24) is 19.9 Å². The van der Waals surface area contributed by atoms with Crippen LogP contribution in [0.3, 0.4) is 0 Å². The molecular weight excluding hydrogens is 398 g/mol. The Kier molecular flexibility index (Phi) is 5.25. The largest absolute Gasteiger partial charge is 0.379 e. The van der Waals surface area contributed by atoms with Crippen molar-refractivity contribution >= 4 is 33.0 Å². The van der Waals surface area contributed by atoms with Crippen molar-refractivity contribution < 1.29 is 4.79 Å². The lowest BCUT2D eigenvalue weighted by Gasteiger charge is -2.15. The lowest BCUT2D eigenvalue weighted by atomic mass is 10.2. The van der Waals surface area contributed by atoms with Crippen molar-refractivity contribution in [2.75, 3.05) is 11.9 Å². The number of anilines is 1. The minimum absolute atomic E-state index is 0.126. The SMILES string of the molecule is O=C(NCc1cc2cnccc2s1)[C@@H]1CCc2ncc(NCCCC3CC3)c(=O)n21. The van der Waals surface area contributed by atoms with Crippen molar-refractivity contribution in [3.05, 3.63) is 51.8 Å². The fourth-order valence-electron chi connectivity index (χ4n) is 4.11. The predicted octanol–water partition coefficient (Wildman–Crippen LogP) is 3.26. The van der Waals surface area contributed by atoms with Crippen LogP contribution in [0.2, 0.25) is 0 Å². The minimum atomic E-state index is -0.496. The maximum Gasteiger partial charge on any atom is 0.277 e. The molecule has 156 valence electrons. The number of hydrogen-bond acceptors (Lipinski definition) is 6. The summed E-state index contributed by atoms with van der Waals surface area (Å²) in [6.45, 7) is 1.22. The minimum Gasteiger partial charge on any atom is -0.379 e. The molecule has 1 fully saturated rings. The summed E-state index contributed by atoms with van der Waals surface area (Å²) in [5, 5.41) is 7.31. The average Bonchev–Trinajstić information content (AvgIpc) is 3.32. The van der Waals surface area contributed by atoms with E-state index in [1.165, 1.54) is 19.3 Å². The first-order valence-corrected chi connectivity index (χ1v) is 11.4. The number of hydrogen-bond donors (Lipinski definition) is 2. The lowest BCUT2D eigenvalue weighted by Crippen LogP contribution is -2.36. The topological polar surface area (TPSA) is 88.9 Å². The number of nitrogens with zero attached hydrogens (tertiary/aromatic N) is 3. The van der Waals surface area contributed by atoms with E-state index in [2.05, 4.69) is 20.6 Å². The van der Waals surface area contributed by atoms with Crippen LogP contribution in [0, 0.1) is 5.92 Å². The van der Waals surface area contributed by atoms with Crippen molar-refractivity contribution in [2.45, 2.75) is 51.1 Å². The fraction of sp³-hybridized carbons (Fsp3) is 0.455. The van der Waals surface area contributed by atoms with Crippen molar-refractivity contribution in [1.29, 1.82) is 0 Å². The van der Waals surface area contributed by atoms with E-state index >= 15 is 0 Å². The molecule has 0 saturated heterocycles. The third kappa shape index (κ3) is 3.96. The second-order valence-electron chi connectivity index (χ2n) is 8.17. The van der Waals surface area contributed by atoms with Crippen LogP contribution < -0.4 is 16.2 Å². The molecule has 30 heavy (non-hydrogen) atoms. The highest BCUT2D eigenvalue weighted by molar-refractivity contribution is 7.19. The standard InChI is InChI=1S/C22H25N5O2S/c28-21(26-12-16-10-15-11-23-9-7-19(15)30-16)18-5-6-20-25-13-17(22(29)27(18)20)24-8-1-2-14-3-4-14/h7,9-11,13-14,18,24H,1-6,8,12H2,(H,26,28)/t18-/m0/s1. The van der Waals surface area contributed by atoms with Gasteiger partial charge in [0.1, 0.15) is 17.6 Å². The maximum atomic E-state index is 13.0. The summed E-state index contributed by atoms with van der Waals surface area (Å²) < 4.78 is 2.73. The molecule has 0 unspecified atom stereocenters. The lowest BCUT2D eigenvalue weighted by molar-refractivity contribution is -0.124. The zero-order chi connectivity index (χ0) is 20.5. The van der Waals surface area contributed by atoms with Gasteiger partial charge in [-0.1, -0.05) is 12.8 Å². The van der Waals surface area contributed by atoms with Crippen LogP contribution in [-0.4, -0.2) is 27.0 Å². The molecular formula is C22H25N5O2S. The molecule has 3 aromatic rings. The Balaban J connectivity index is 1.25. The van der Waals surface area contributed by atoms with E-state index in [1.807, 2.05) is 18.3 Å². The number of pyridine rings is 1. The predicted molar refractivity (Wildman–Crippen MR) is 118 cm³/mol. The highest BCUT2D eigenvalue weighted by Crippen LogP contribution is 2.33. The van der Waals surface area contributed by atoms with E-state index in [-0.39, 0.29) is 11.5 Å². The molecule has 0 aromatic carbocycles. The number of aromatic nitrogens is 3. The number of carbonyl (C=O) groups excluding carboxylic acids is 1. The summed E-state index contributed by atoms with van der Waals surface area (Å²) in [6.07, 6.45) is 11.4. The Morgan fingerprint density at radius 1 is 1.27 bits per heavy atom. The first-order valence-electron chi connectivity index (χ1n) is 10.6. The van der Waals surface area contributed by atoms with Gasteiger partial charge in [-0.15, -0.1) is 11.3 Å². The highest BCUT2D eigenvalue weighted by Gasteiger charge is 2.31. The Morgan fingerprint density at radius 2 is 2.17 bits per heavy atom. The number of nitrogens with one attached hydrogen (secondary N) is 2. The molecule has 1 aliphatic heterocycles. The second kappa shape index (κ2) is 8.18. The normalized spacial score (nSPS) is 17.8. The van der Waals surface area contributed by atoms with Gasteiger partial charge in [-0.05, 0) is 37.3 Å². The molecule has 0 radical (unpaired) electrons. The van der Waals surface area contributed by atoms with Crippen LogP contribution in [0.15, 0.2) is 35.5 Å². The highest BCUT2D eigenvalue weighted by atomic mass is 32.1.